The van der Waals surface area contributed by atoms with E-state index in [1.165, 1.54) is 25.6 Å². The molecule has 4 nitrogen and oxygen atoms in total. The number of ether oxygens (including phenoxy) is 2. The number of hydrogen-bond donors (Lipinski definition) is 0. The first kappa shape index (κ1) is 32.4. The summed E-state index contributed by atoms with van der Waals surface area (Å²) in [5.74, 6) is 3.30. The molecule has 0 unspecified atom stereocenters. The Hall–Kier alpha value is -7.54. The summed E-state index contributed by atoms with van der Waals surface area (Å²) in [5.41, 5.74) is 12.8. The van der Waals surface area contributed by atoms with Gasteiger partial charge in [0.25, 0.3) is 6.71 Å². The fourth-order valence-electron chi connectivity index (χ4n) is 10.1. The minimum absolute atomic E-state index is 0.0768. The molecule has 3 aromatic heterocycles. The van der Waals surface area contributed by atoms with Gasteiger partial charge in [-0.15, -0.1) is 11.3 Å². The van der Waals surface area contributed by atoms with Crippen molar-refractivity contribution in [2.75, 3.05) is 0 Å². The van der Waals surface area contributed by atoms with Crippen LogP contribution in [0.5, 0.6) is 23.0 Å². The smallest absolute Gasteiger partial charge is 0.260 e. The Morgan fingerprint density at radius 3 is 1.72 bits per heavy atom. The van der Waals surface area contributed by atoms with Crippen LogP contribution in [0.1, 0.15) is 0 Å². The van der Waals surface area contributed by atoms with E-state index < -0.39 is 0 Å². The molecule has 0 saturated carbocycles. The van der Waals surface area contributed by atoms with Crippen LogP contribution in [-0.2, 0) is 0 Å². The first-order valence-electron chi connectivity index (χ1n) is 20.4. The number of furan rings is 1. The molecule has 0 spiro atoms. The molecule has 278 valence electrons. The van der Waals surface area contributed by atoms with Gasteiger partial charge in [0.15, 0.2) is 0 Å². The summed E-state index contributed by atoms with van der Waals surface area (Å²) in [7, 11) is 0. The summed E-state index contributed by atoms with van der Waals surface area (Å²) in [6.45, 7) is -0.0768. The van der Waals surface area contributed by atoms with E-state index in [9.17, 15) is 0 Å². The van der Waals surface area contributed by atoms with E-state index in [-0.39, 0.29) is 6.71 Å². The van der Waals surface area contributed by atoms with Crippen molar-refractivity contribution in [1.29, 1.82) is 0 Å². The molecule has 14 rings (SSSR count). The monoisotopic (exact) mass is 783 g/mol. The van der Waals surface area contributed by atoms with E-state index in [0.717, 1.165) is 106 Å². The summed E-state index contributed by atoms with van der Waals surface area (Å²) in [5, 5.41) is 7.00. The lowest BCUT2D eigenvalue weighted by atomic mass is 9.34. The van der Waals surface area contributed by atoms with Crippen LogP contribution in [0.3, 0.4) is 0 Å². The minimum Gasteiger partial charge on any atom is -0.458 e. The number of para-hydroxylation sites is 2. The Morgan fingerprint density at radius 1 is 0.450 bits per heavy atom. The number of thiophene rings is 1. The molecule has 0 amide bonds. The van der Waals surface area contributed by atoms with Crippen molar-refractivity contribution in [3.05, 3.63) is 182 Å². The van der Waals surface area contributed by atoms with Gasteiger partial charge in [-0.3, -0.25) is 0 Å². The lowest BCUT2D eigenvalue weighted by Crippen LogP contribution is -2.57. The molecule has 2 aliphatic heterocycles. The number of nitrogens with zero attached hydrogens (tertiary/aromatic N) is 1. The maximum Gasteiger partial charge on any atom is 0.260 e. The average molecular weight is 784 g/mol. The van der Waals surface area contributed by atoms with Gasteiger partial charge in [0, 0.05) is 53.9 Å². The van der Waals surface area contributed by atoms with Gasteiger partial charge in [-0.2, -0.15) is 0 Å². The van der Waals surface area contributed by atoms with Gasteiger partial charge >= 0.3 is 0 Å². The second kappa shape index (κ2) is 12.0. The highest BCUT2D eigenvalue weighted by Crippen LogP contribution is 2.51. The number of hydrogen-bond acceptors (Lipinski definition) is 4. The molecule has 0 bridgehead atoms. The minimum atomic E-state index is -0.0768. The normalized spacial score (nSPS) is 12.9. The summed E-state index contributed by atoms with van der Waals surface area (Å²) in [6.07, 6.45) is 0. The van der Waals surface area contributed by atoms with Crippen molar-refractivity contribution in [2.45, 2.75) is 0 Å². The molecule has 0 fully saturated rings. The van der Waals surface area contributed by atoms with Gasteiger partial charge in [-0.05, 0) is 63.5 Å². The second-order valence-electron chi connectivity index (χ2n) is 15.9. The van der Waals surface area contributed by atoms with Gasteiger partial charge in [0.1, 0.15) is 34.2 Å². The molecular formula is C54H30BNO3S. The summed E-state index contributed by atoms with van der Waals surface area (Å²) < 4.78 is 26.0. The van der Waals surface area contributed by atoms with E-state index in [1.54, 1.807) is 0 Å². The topological polar surface area (TPSA) is 36.5 Å². The SMILES string of the molecule is c1ccc(-c2ccc3c(c2)Oc2cc(-n4c5ccccc5c5c6oc7ccccc7c6c6sc7ccccc7c6c54)cc4c2B3c2ccc(-c3ccccc3)cc2O4)cc1. The molecule has 9 aromatic carbocycles. The van der Waals surface area contributed by atoms with Crippen molar-refractivity contribution in [2.24, 2.45) is 0 Å². The van der Waals surface area contributed by atoms with Crippen LogP contribution < -0.4 is 25.9 Å². The maximum absolute atomic E-state index is 7.10. The van der Waals surface area contributed by atoms with E-state index >= 15 is 0 Å². The highest BCUT2D eigenvalue weighted by atomic mass is 32.1. The van der Waals surface area contributed by atoms with Gasteiger partial charge in [-0.25, -0.2) is 0 Å². The molecule has 2 aliphatic rings. The summed E-state index contributed by atoms with van der Waals surface area (Å²) in [4.78, 5) is 0. The Bertz CT molecular complexity index is 3640. The number of fused-ring (bicyclic) bond motifs is 16. The molecule has 0 saturated heterocycles. The molecule has 0 atom stereocenters. The van der Waals surface area contributed by atoms with E-state index in [0.29, 0.717) is 0 Å². The second-order valence-corrected chi connectivity index (χ2v) is 17.0. The average Bonchev–Trinajstić information content (AvgIpc) is 3.99. The Morgan fingerprint density at radius 2 is 1.03 bits per heavy atom. The van der Waals surface area contributed by atoms with Gasteiger partial charge in [-0.1, -0.05) is 140 Å². The molecule has 0 radical (unpaired) electrons. The lowest BCUT2D eigenvalue weighted by molar-refractivity contribution is 0.464. The van der Waals surface area contributed by atoms with Crippen molar-refractivity contribution < 1.29 is 13.9 Å². The quantitative estimate of drug-likeness (QED) is 0.168. The molecule has 60 heavy (non-hydrogen) atoms. The number of benzene rings is 9. The van der Waals surface area contributed by atoms with Crippen LogP contribution >= 0.6 is 11.3 Å². The van der Waals surface area contributed by atoms with Crippen LogP contribution in [0.15, 0.2) is 186 Å². The lowest BCUT2D eigenvalue weighted by Gasteiger charge is -2.34. The van der Waals surface area contributed by atoms with Crippen molar-refractivity contribution in [3.8, 4) is 50.9 Å². The fourth-order valence-corrected chi connectivity index (χ4v) is 11.4. The zero-order valence-electron chi connectivity index (χ0n) is 32.0. The van der Waals surface area contributed by atoms with E-state index in [4.69, 9.17) is 13.9 Å². The third-order valence-electron chi connectivity index (χ3n) is 12.7. The molecule has 12 aromatic rings. The zero-order chi connectivity index (χ0) is 39.1. The zero-order valence-corrected chi connectivity index (χ0v) is 32.8. The first-order valence-corrected chi connectivity index (χ1v) is 21.2. The van der Waals surface area contributed by atoms with Crippen LogP contribution in [0, 0.1) is 0 Å². The predicted octanol–water partition coefficient (Wildman–Crippen LogP) is 13.1. The molecule has 6 heteroatoms. The Balaban J connectivity index is 1.08. The first-order chi connectivity index (χ1) is 29.7. The third-order valence-corrected chi connectivity index (χ3v) is 13.9. The molecule has 5 heterocycles. The van der Waals surface area contributed by atoms with Crippen LogP contribution in [-0.4, -0.2) is 11.3 Å². The van der Waals surface area contributed by atoms with E-state index in [1.807, 2.05) is 11.3 Å². The molecule has 0 N–H and O–H groups in total. The Labute approximate surface area is 348 Å². The largest absolute Gasteiger partial charge is 0.458 e. The van der Waals surface area contributed by atoms with E-state index in [2.05, 4.69) is 187 Å². The van der Waals surface area contributed by atoms with Gasteiger partial charge in [0.2, 0.25) is 0 Å². The standard InChI is InChI=1S/C54H30BNO3S/c1-3-13-31(14-4-1)33-23-25-39-43(27-33)57-45-29-35(30-46-51(45)55(39)40-26-24-34(28-44(40)58-46)32-15-5-2-6-16-32)56-41-20-10-7-17-36(41)48-52(56)49-38-19-9-12-22-47(38)60-54(49)50-37-18-8-11-21-42(37)59-53(48)50/h1-30H. The highest BCUT2D eigenvalue weighted by Gasteiger charge is 2.41. The maximum atomic E-state index is 7.10. The Kier molecular flexibility index (Phi) is 6.49. The molecule has 0 aliphatic carbocycles. The highest BCUT2D eigenvalue weighted by molar-refractivity contribution is 7.27. The predicted molar refractivity (Wildman–Crippen MR) is 250 cm³/mol. The fraction of sp³-hybridized carbons (Fsp3) is 0. The number of rotatable bonds is 3. The summed E-state index contributed by atoms with van der Waals surface area (Å²) in [6, 6.07) is 64.8. The summed E-state index contributed by atoms with van der Waals surface area (Å²) >= 11 is 1.84. The van der Waals surface area contributed by atoms with Gasteiger partial charge < -0.3 is 18.5 Å². The van der Waals surface area contributed by atoms with Crippen molar-refractivity contribution >= 4 is 98.4 Å². The van der Waals surface area contributed by atoms with Crippen LogP contribution in [0.25, 0.3) is 91.9 Å². The van der Waals surface area contributed by atoms with Crippen molar-refractivity contribution in [1.82, 2.24) is 4.57 Å². The van der Waals surface area contributed by atoms with Gasteiger partial charge in [0.05, 0.1) is 22.1 Å². The number of aromatic nitrogens is 1. The van der Waals surface area contributed by atoms with Crippen molar-refractivity contribution in [3.63, 3.8) is 0 Å². The molecular weight excluding hydrogens is 753 g/mol. The third kappa shape index (κ3) is 4.40. The van der Waals surface area contributed by atoms with Crippen LogP contribution in [0.2, 0.25) is 0 Å². The van der Waals surface area contributed by atoms with Crippen LogP contribution in [0.4, 0.5) is 0 Å².